The molecule has 1 aromatic heterocycles. The molecule has 0 radical (unpaired) electrons. The van der Waals surface area contributed by atoms with E-state index in [4.69, 9.17) is 9.78 Å². The molecule has 0 unspecified atom stereocenters. The van der Waals surface area contributed by atoms with E-state index in [-0.39, 0.29) is 6.42 Å². The number of aromatic nitrogens is 2. The van der Waals surface area contributed by atoms with Crippen molar-refractivity contribution < 1.29 is 4.52 Å². The minimum absolute atomic E-state index is 0.187. The molecule has 0 amide bonds. The maximum Gasteiger partial charge on any atom is 0.240 e. The van der Waals surface area contributed by atoms with Gasteiger partial charge in [0, 0.05) is 5.92 Å². The molecule has 1 aliphatic carbocycles. The SMILES string of the molecule is N#CCc1nc(C2Cc3ccccc3C2)no1. The summed E-state index contributed by atoms with van der Waals surface area (Å²) in [7, 11) is 0. The minimum atomic E-state index is 0.187. The molecule has 1 aliphatic rings. The number of nitriles is 1. The van der Waals surface area contributed by atoms with E-state index in [1.165, 1.54) is 11.1 Å². The molecule has 1 heterocycles. The molecule has 84 valence electrons. The molecule has 4 heteroatoms. The van der Waals surface area contributed by atoms with E-state index in [2.05, 4.69) is 34.4 Å². The van der Waals surface area contributed by atoms with E-state index < -0.39 is 0 Å². The molecule has 1 aromatic carbocycles. The normalized spacial score (nSPS) is 14.5. The molecule has 0 N–H and O–H groups in total. The summed E-state index contributed by atoms with van der Waals surface area (Å²) in [6, 6.07) is 10.4. The summed E-state index contributed by atoms with van der Waals surface area (Å²) < 4.78 is 5.03. The third-order valence-electron chi connectivity index (χ3n) is 3.13. The topological polar surface area (TPSA) is 62.7 Å². The molecule has 0 saturated carbocycles. The molecule has 0 saturated heterocycles. The molecule has 3 rings (SSSR count). The summed E-state index contributed by atoms with van der Waals surface area (Å²) in [5.74, 6) is 1.44. The van der Waals surface area contributed by atoms with Gasteiger partial charge in [0.05, 0.1) is 6.07 Å². The van der Waals surface area contributed by atoms with Crippen molar-refractivity contribution in [2.75, 3.05) is 0 Å². The van der Waals surface area contributed by atoms with Gasteiger partial charge in [-0.05, 0) is 24.0 Å². The highest BCUT2D eigenvalue weighted by atomic mass is 16.5. The van der Waals surface area contributed by atoms with Gasteiger partial charge in [-0.2, -0.15) is 10.2 Å². The second kappa shape index (κ2) is 4.02. The lowest BCUT2D eigenvalue weighted by molar-refractivity contribution is 0.377. The Morgan fingerprint density at radius 3 is 2.65 bits per heavy atom. The summed E-state index contributed by atoms with van der Waals surface area (Å²) in [5.41, 5.74) is 2.73. The van der Waals surface area contributed by atoms with Gasteiger partial charge in [0.15, 0.2) is 5.82 Å². The average Bonchev–Trinajstić information content (AvgIpc) is 2.94. The van der Waals surface area contributed by atoms with Crippen LogP contribution in [0.2, 0.25) is 0 Å². The molecule has 0 bridgehead atoms. The molecule has 17 heavy (non-hydrogen) atoms. The van der Waals surface area contributed by atoms with Crippen molar-refractivity contribution in [3.8, 4) is 6.07 Å². The predicted octanol–water partition coefficient (Wildman–Crippen LogP) is 2.02. The van der Waals surface area contributed by atoms with Crippen LogP contribution in [-0.4, -0.2) is 10.1 Å². The number of hydrogen-bond acceptors (Lipinski definition) is 4. The first-order valence-corrected chi connectivity index (χ1v) is 5.63. The van der Waals surface area contributed by atoms with E-state index in [9.17, 15) is 0 Å². The Hall–Kier alpha value is -2.15. The van der Waals surface area contributed by atoms with Crippen molar-refractivity contribution in [3.63, 3.8) is 0 Å². The lowest BCUT2D eigenvalue weighted by Crippen LogP contribution is -2.00. The van der Waals surface area contributed by atoms with E-state index in [1.54, 1.807) is 0 Å². The van der Waals surface area contributed by atoms with Crippen molar-refractivity contribution in [2.45, 2.75) is 25.2 Å². The number of benzene rings is 1. The van der Waals surface area contributed by atoms with Crippen LogP contribution in [0.3, 0.4) is 0 Å². The van der Waals surface area contributed by atoms with E-state index in [0.29, 0.717) is 11.8 Å². The van der Waals surface area contributed by atoms with Crippen LogP contribution in [-0.2, 0) is 19.3 Å². The van der Waals surface area contributed by atoms with Crippen LogP contribution in [0.5, 0.6) is 0 Å². The Bertz CT molecular complexity index is 557. The van der Waals surface area contributed by atoms with Crippen LogP contribution in [0.25, 0.3) is 0 Å². The van der Waals surface area contributed by atoms with Gasteiger partial charge in [-0.25, -0.2) is 0 Å². The first-order chi connectivity index (χ1) is 8.36. The second-order valence-electron chi connectivity index (χ2n) is 4.26. The highest BCUT2D eigenvalue weighted by Crippen LogP contribution is 2.32. The van der Waals surface area contributed by atoms with Gasteiger partial charge in [0.25, 0.3) is 0 Å². The predicted molar refractivity (Wildman–Crippen MR) is 60.2 cm³/mol. The lowest BCUT2D eigenvalue weighted by atomic mass is 10.1. The Labute approximate surface area is 98.9 Å². The summed E-state index contributed by atoms with van der Waals surface area (Å²) in [6.07, 6.45) is 2.11. The van der Waals surface area contributed by atoms with Gasteiger partial charge in [0.1, 0.15) is 6.42 Å². The molecule has 0 spiro atoms. The van der Waals surface area contributed by atoms with Crippen molar-refractivity contribution in [3.05, 3.63) is 47.1 Å². The van der Waals surface area contributed by atoms with Crippen molar-refractivity contribution in [1.29, 1.82) is 5.26 Å². The molecular weight excluding hydrogens is 214 g/mol. The second-order valence-corrected chi connectivity index (χ2v) is 4.26. The molecule has 2 aromatic rings. The van der Waals surface area contributed by atoms with E-state index in [1.807, 2.05) is 6.07 Å². The zero-order valence-electron chi connectivity index (χ0n) is 9.26. The zero-order chi connectivity index (χ0) is 11.7. The van der Waals surface area contributed by atoms with Crippen LogP contribution in [0.4, 0.5) is 0 Å². The summed E-state index contributed by atoms with van der Waals surface area (Å²) >= 11 is 0. The largest absolute Gasteiger partial charge is 0.338 e. The third kappa shape index (κ3) is 1.80. The van der Waals surface area contributed by atoms with Gasteiger partial charge < -0.3 is 4.52 Å². The Morgan fingerprint density at radius 1 is 1.29 bits per heavy atom. The van der Waals surface area contributed by atoms with Crippen molar-refractivity contribution in [2.24, 2.45) is 0 Å². The van der Waals surface area contributed by atoms with Crippen LogP contribution in [0, 0.1) is 11.3 Å². The molecule has 0 fully saturated rings. The standard InChI is InChI=1S/C13H11N3O/c14-6-5-12-15-13(16-17-12)11-7-9-3-1-2-4-10(9)8-11/h1-4,11H,5,7-8H2. The van der Waals surface area contributed by atoms with Gasteiger partial charge in [-0.15, -0.1) is 0 Å². The summed E-state index contributed by atoms with van der Waals surface area (Å²) in [6.45, 7) is 0. The van der Waals surface area contributed by atoms with Crippen LogP contribution in [0.1, 0.15) is 28.8 Å². The maximum absolute atomic E-state index is 8.56. The smallest absolute Gasteiger partial charge is 0.240 e. The quantitative estimate of drug-likeness (QED) is 0.784. The maximum atomic E-state index is 8.56. The Balaban J connectivity index is 1.82. The lowest BCUT2D eigenvalue weighted by Gasteiger charge is -2.00. The summed E-state index contributed by atoms with van der Waals surface area (Å²) in [5, 5.41) is 12.5. The summed E-state index contributed by atoms with van der Waals surface area (Å²) in [4.78, 5) is 4.26. The number of fused-ring (bicyclic) bond motifs is 1. The van der Waals surface area contributed by atoms with Gasteiger partial charge in [-0.1, -0.05) is 29.4 Å². The fraction of sp³-hybridized carbons (Fsp3) is 0.308. The zero-order valence-corrected chi connectivity index (χ0v) is 9.26. The van der Waals surface area contributed by atoms with Gasteiger partial charge >= 0.3 is 0 Å². The van der Waals surface area contributed by atoms with Gasteiger partial charge in [-0.3, -0.25) is 0 Å². The van der Waals surface area contributed by atoms with E-state index in [0.717, 1.165) is 18.7 Å². The molecule has 4 nitrogen and oxygen atoms in total. The average molecular weight is 225 g/mol. The highest BCUT2D eigenvalue weighted by Gasteiger charge is 2.26. The van der Waals surface area contributed by atoms with Crippen LogP contribution in [0.15, 0.2) is 28.8 Å². The first-order valence-electron chi connectivity index (χ1n) is 5.63. The first kappa shape index (κ1) is 10.0. The molecule has 0 aliphatic heterocycles. The minimum Gasteiger partial charge on any atom is -0.338 e. The van der Waals surface area contributed by atoms with Crippen molar-refractivity contribution in [1.82, 2.24) is 10.1 Å². The van der Waals surface area contributed by atoms with Gasteiger partial charge in [0.2, 0.25) is 5.89 Å². The number of rotatable bonds is 2. The molecular formula is C13H11N3O. The fourth-order valence-electron chi connectivity index (χ4n) is 2.31. The van der Waals surface area contributed by atoms with Crippen LogP contribution >= 0.6 is 0 Å². The van der Waals surface area contributed by atoms with E-state index >= 15 is 0 Å². The fourth-order valence-corrected chi connectivity index (χ4v) is 2.31. The third-order valence-corrected chi connectivity index (χ3v) is 3.13. The molecule has 0 atom stereocenters. The van der Waals surface area contributed by atoms with Crippen LogP contribution < -0.4 is 0 Å². The number of nitrogens with zero attached hydrogens (tertiary/aromatic N) is 3. The highest BCUT2D eigenvalue weighted by molar-refractivity contribution is 5.34. The monoisotopic (exact) mass is 225 g/mol. The Kier molecular flexibility index (Phi) is 2.37. The Morgan fingerprint density at radius 2 is 2.00 bits per heavy atom. The van der Waals surface area contributed by atoms with Crippen molar-refractivity contribution >= 4 is 0 Å². The number of hydrogen-bond donors (Lipinski definition) is 0.